The SMILES string of the molecule is CCNC(=O)NC(=O)C[NH2+][C@H](C)c1ccc(OC)c(Br)c1. The first-order chi connectivity index (χ1) is 9.97. The Balaban J connectivity index is 2.50. The first-order valence-corrected chi connectivity index (χ1v) is 7.51. The summed E-state index contributed by atoms with van der Waals surface area (Å²) >= 11 is 3.43. The quantitative estimate of drug-likeness (QED) is 0.707. The molecule has 0 aliphatic rings. The van der Waals surface area contributed by atoms with Crippen LogP contribution < -0.4 is 20.7 Å². The molecule has 0 radical (unpaired) electrons. The molecule has 0 spiro atoms. The Morgan fingerprint density at radius 3 is 2.71 bits per heavy atom. The number of rotatable bonds is 6. The monoisotopic (exact) mass is 358 g/mol. The Hall–Kier alpha value is -1.60. The number of urea groups is 1. The van der Waals surface area contributed by atoms with E-state index in [1.165, 1.54) is 0 Å². The van der Waals surface area contributed by atoms with Gasteiger partial charge in [0.25, 0.3) is 5.91 Å². The molecule has 0 fully saturated rings. The highest BCUT2D eigenvalue weighted by molar-refractivity contribution is 9.10. The molecule has 0 aliphatic heterocycles. The van der Waals surface area contributed by atoms with Crippen LogP contribution >= 0.6 is 15.9 Å². The molecule has 21 heavy (non-hydrogen) atoms. The zero-order chi connectivity index (χ0) is 15.8. The van der Waals surface area contributed by atoms with Crippen LogP contribution in [0.3, 0.4) is 0 Å². The van der Waals surface area contributed by atoms with Gasteiger partial charge in [0.2, 0.25) is 0 Å². The van der Waals surface area contributed by atoms with E-state index in [0.717, 1.165) is 15.8 Å². The van der Waals surface area contributed by atoms with E-state index in [1.54, 1.807) is 14.0 Å². The first kappa shape index (κ1) is 17.5. The Morgan fingerprint density at radius 2 is 2.14 bits per heavy atom. The van der Waals surface area contributed by atoms with E-state index in [1.807, 2.05) is 30.4 Å². The van der Waals surface area contributed by atoms with Crippen LogP contribution in [0.5, 0.6) is 5.75 Å². The number of carbonyl (C=O) groups is 2. The van der Waals surface area contributed by atoms with Gasteiger partial charge in [-0.25, -0.2) is 4.79 Å². The minimum atomic E-state index is -0.462. The smallest absolute Gasteiger partial charge is 0.321 e. The van der Waals surface area contributed by atoms with Crippen LogP contribution in [0, 0.1) is 0 Å². The van der Waals surface area contributed by atoms with Crippen molar-refractivity contribution in [2.75, 3.05) is 20.2 Å². The molecule has 0 aliphatic carbocycles. The van der Waals surface area contributed by atoms with Gasteiger partial charge in [-0.05, 0) is 48.0 Å². The summed E-state index contributed by atoms with van der Waals surface area (Å²) < 4.78 is 6.05. The van der Waals surface area contributed by atoms with Crippen LogP contribution in [-0.4, -0.2) is 32.1 Å². The lowest BCUT2D eigenvalue weighted by Gasteiger charge is -2.12. The number of carbonyl (C=O) groups excluding carboxylic acids is 2. The average molecular weight is 359 g/mol. The van der Waals surface area contributed by atoms with E-state index in [9.17, 15) is 9.59 Å². The van der Waals surface area contributed by atoms with Crippen molar-refractivity contribution in [1.82, 2.24) is 10.6 Å². The van der Waals surface area contributed by atoms with Crippen LogP contribution in [0.2, 0.25) is 0 Å². The van der Waals surface area contributed by atoms with Gasteiger partial charge in [0, 0.05) is 12.1 Å². The number of quaternary nitrogens is 1. The van der Waals surface area contributed by atoms with Crippen LogP contribution in [0.1, 0.15) is 25.5 Å². The molecule has 0 heterocycles. The molecule has 1 aromatic rings. The number of nitrogens with one attached hydrogen (secondary N) is 2. The second-order valence-corrected chi connectivity index (χ2v) is 5.38. The lowest BCUT2D eigenvalue weighted by atomic mass is 10.1. The van der Waals surface area contributed by atoms with Gasteiger partial charge in [-0.15, -0.1) is 0 Å². The van der Waals surface area contributed by atoms with E-state index in [4.69, 9.17) is 4.74 Å². The minimum absolute atomic E-state index is 0.0900. The fraction of sp³-hybridized carbons (Fsp3) is 0.429. The number of methoxy groups -OCH3 is 1. The minimum Gasteiger partial charge on any atom is -0.496 e. The Bertz CT molecular complexity index is 508. The van der Waals surface area contributed by atoms with Crippen molar-refractivity contribution in [3.05, 3.63) is 28.2 Å². The first-order valence-electron chi connectivity index (χ1n) is 6.72. The summed E-state index contributed by atoms with van der Waals surface area (Å²) in [5, 5.41) is 6.64. The van der Waals surface area contributed by atoms with Gasteiger partial charge >= 0.3 is 6.03 Å². The molecule has 0 aromatic heterocycles. The number of halogens is 1. The summed E-state index contributed by atoms with van der Waals surface area (Å²) in [6.07, 6.45) is 0. The molecule has 7 heteroatoms. The topological polar surface area (TPSA) is 84.0 Å². The van der Waals surface area contributed by atoms with E-state index in [2.05, 4.69) is 26.6 Å². The Kier molecular flexibility index (Phi) is 7.18. The maximum atomic E-state index is 11.6. The number of hydrogen-bond donors (Lipinski definition) is 3. The van der Waals surface area contributed by atoms with Gasteiger partial charge in [0.1, 0.15) is 11.8 Å². The highest BCUT2D eigenvalue weighted by Gasteiger charge is 2.14. The van der Waals surface area contributed by atoms with Gasteiger partial charge in [0.05, 0.1) is 11.6 Å². The molecular weight excluding hydrogens is 338 g/mol. The zero-order valence-corrected chi connectivity index (χ0v) is 14.0. The zero-order valence-electron chi connectivity index (χ0n) is 12.4. The second kappa shape index (κ2) is 8.63. The molecule has 0 saturated carbocycles. The lowest BCUT2D eigenvalue weighted by molar-refractivity contribution is -0.682. The van der Waals surface area contributed by atoms with Gasteiger partial charge in [0.15, 0.2) is 6.54 Å². The Labute approximate surface area is 132 Å². The van der Waals surface area contributed by atoms with Crippen LogP contribution in [0.15, 0.2) is 22.7 Å². The fourth-order valence-electron chi connectivity index (χ4n) is 1.77. The highest BCUT2D eigenvalue weighted by Crippen LogP contribution is 2.26. The lowest BCUT2D eigenvalue weighted by Crippen LogP contribution is -2.87. The summed E-state index contributed by atoms with van der Waals surface area (Å²) in [7, 11) is 1.61. The standard InChI is InChI=1S/C14H20BrN3O3/c1-4-16-14(20)18-13(19)8-17-9(2)10-5-6-12(21-3)11(15)7-10/h5-7,9,17H,4,8H2,1-3H3,(H2,16,18,19,20)/p+1/t9-/m1/s1. The van der Waals surface area contributed by atoms with Crippen molar-refractivity contribution >= 4 is 27.9 Å². The molecule has 1 rings (SSSR count). The number of ether oxygens (including phenoxy) is 1. The molecule has 1 aromatic carbocycles. The summed E-state index contributed by atoms with van der Waals surface area (Å²) in [6, 6.07) is 5.41. The maximum Gasteiger partial charge on any atom is 0.321 e. The van der Waals surface area contributed by atoms with Gasteiger partial charge in [-0.1, -0.05) is 0 Å². The Morgan fingerprint density at radius 1 is 1.43 bits per heavy atom. The fourth-order valence-corrected chi connectivity index (χ4v) is 2.33. The number of benzene rings is 1. The normalized spacial score (nSPS) is 11.6. The van der Waals surface area contributed by atoms with Crippen LogP contribution in [0.4, 0.5) is 4.79 Å². The summed E-state index contributed by atoms with van der Waals surface area (Å²) in [5.74, 6) is 0.445. The van der Waals surface area contributed by atoms with Crippen molar-refractivity contribution in [2.24, 2.45) is 0 Å². The molecular formula is C14H21BrN3O3+. The molecule has 1 atom stereocenters. The summed E-state index contributed by atoms with van der Waals surface area (Å²) in [4.78, 5) is 22.8. The van der Waals surface area contributed by atoms with Crippen LogP contribution in [-0.2, 0) is 4.79 Å². The molecule has 4 N–H and O–H groups in total. The molecule has 0 saturated heterocycles. The molecule has 3 amide bonds. The van der Waals surface area contributed by atoms with Crippen molar-refractivity contribution < 1.29 is 19.6 Å². The average Bonchev–Trinajstić information content (AvgIpc) is 2.44. The predicted molar refractivity (Wildman–Crippen MR) is 83.1 cm³/mol. The van der Waals surface area contributed by atoms with Crippen molar-refractivity contribution in [1.29, 1.82) is 0 Å². The van der Waals surface area contributed by atoms with Crippen molar-refractivity contribution in [2.45, 2.75) is 19.9 Å². The molecule has 0 bridgehead atoms. The largest absolute Gasteiger partial charge is 0.496 e. The summed E-state index contributed by atoms with van der Waals surface area (Å²) in [5.41, 5.74) is 1.06. The van der Waals surface area contributed by atoms with Gasteiger partial charge in [-0.2, -0.15) is 0 Å². The number of amides is 3. The maximum absolute atomic E-state index is 11.6. The van der Waals surface area contributed by atoms with E-state index < -0.39 is 6.03 Å². The van der Waals surface area contributed by atoms with Crippen molar-refractivity contribution in [3.63, 3.8) is 0 Å². The van der Waals surface area contributed by atoms with E-state index in [0.29, 0.717) is 6.54 Å². The summed E-state index contributed by atoms with van der Waals surface area (Å²) in [6.45, 7) is 4.45. The third-order valence-electron chi connectivity index (χ3n) is 2.95. The van der Waals surface area contributed by atoms with E-state index in [-0.39, 0.29) is 18.5 Å². The second-order valence-electron chi connectivity index (χ2n) is 4.53. The molecule has 116 valence electrons. The number of nitrogens with two attached hydrogens (primary N) is 1. The van der Waals surface area contributed by atoms with Crippen LogP contribution in [0.25, 0.3) is 0 Å². The third kappa shape index (κ3) is 5.73. The van der Waals surface area contributed by atoms with Crippen molar-refractivity contribution in [3.8, 4) is 5.75 Å². The third-order valence-corrected chi connectivity index (χ3v) is 3.57. The van der Waals surface area contributed by atoms with E-state index >= 15 is 0 Å². The molecule has 6 nitrogen and oxygen atoms in total. The van der Waals surface area contributed by atoms with Gasteiger partial charge in [-0.3, -0.25) is 10.1 Å². The van der Waals surface area contributed by atoms with Gasteiger partial charge < -0.3 is 15.4 Å². The molecule has 0 unspecified atom stereocenters. The predicted octanol–water partition coefficient (Wildman–Crippen LogP) is 0.928. The number of imide groups is 1. The highest BCUT2D eigenvalue weighted by atomic mass is 79.9. The number of hydrogen-bond acceptors (Lipinski definition) is 3.